The molecule has 7 nitrogen and oxygen atoms in total. The molecule has 34 heavy (non-hydrogen) atoms. The molecule has 0 unspecified atom stereocenters. The number of hydrogen-bond acceptors (Lipinski definition) is 6. The van der Waals surface area contributed by atoms with Gasteiger partial charge in [0.25, 0.3) is 5.91 Å². The molecule has 1 amide bonds. The third-order valence-electron chi connectivity index (χ3n) is 6.72. The maximum absolute atomic E-state index is 13.1. The second-order valence-corrected chi connectivity index (χ2v) is 8.97. The maximum Gasteiger partial charge on any atom is 0.416 e. The van der Waals surface area contributed by atoms with Gasteiger partial charge in [-0.1, -0.05) is 0 Å². The van der Waals surface area contributed by atoms with Crippen LogP contribution in [-0.4, -0.2) is 66.7 Å². The Bertz CT molecular complexity index is 1030. The van der Waals surface area contributed by atoms with E-state index in [1.165, 1.54) is 18.6 Å². The molecule has 2 aromatic rings. The van der Waals surface area contributed by atoms with E-state index in [-0.39, 0.29) is 11.5 Å². The zero-order valence-electron chi connectivity index (χ0n) is 19.0. The number of rotatable bonds is 3. The lowest BCUT2D eigenvalue weighted by molar-refractivity contribution is -0.137. The average Bonchev–Trinajstić information content (AvgIpc) is 2.88. The van der Waals surface area contributed by atoms with Crippen LogP contribution in [-0.2, 0) is 23.9 Å². The fourth-order valence-corrected chi connectivity index (χ4v) is 4.81. The number of morpholine rings is 1. The minimum Gasteiger partial charge on any atom is -0.378 e. The molecule has 3 aliphatic rings. The van der Waals surface area contributed by atoms with Crippen molar-refractivity contribution >= 4 is 17.7 Å². The number of piperidine rings is 1. The first-order chi connectivity index (χ1) is 16.4. The van der Waals surface area contributed by atoms with Gasteiger partial charge in [-0.2, -0.15) is 18.2 Å². The Morgan fingerprint density at radius 1 is 0.882 bits per heavy atom. The summed E-state index contributed by atoms with van der Waals surface area (Å²) in [6, 6.07) is 4.43. The average molecular weight is 476 g/mol. The molecule has 1 aromatic heterocycles. The van der Waals surface area contributed by atoms with E-state index in [2.05, 4.69) is 9.80 Å². The molecule has 4 heterocycles. The molecule has 182 valence electrons. The van der Waals surface area contributed by atoms with E-state index in [0.29, 0.717) is 38.7 Å². The van der Waals surface area contributed by atoms with Crippen LogP contribution in [0.2, 0.25) is 0 Å². The summed E-state index contributed by atoms with van der Waals surface area (Å²) in [7, 11) is 0. The highest BCUT2D eigenvalue weighted by molar-refractivity contribution is 5.94. The summed E-state index contributed by atoms with van der Waals surface area (Å²) >= 11 is 0. The van der Waals surface area contributed by atoms with Crippen LogP contribution in [0.5, 0.6) is 0 Å². The van der Waals surface area contributed by atoms with Crippen molar-refractivity contribution in [3.05, 3.63) is 46.6 Å². The first-order valence-corrected chi connectivity index (χ1v) is 11.8. The van der Waals surface area contributed by atoms with Gasteiger partial charge in [-0.25, -0.2) is 4.98 Å². The number of benzene rings is 1. The second kappa shape index (κ2) is 9.40. The van der Waals surface area contributed by atoms with Crippen molar-refractivity contribution in [1.29, 1.82) is 0 Å². The van der Waals surface area contributed by atoms with Crippen molar-refractivity contribution in [2.45, 2.75) is 38.4 Å². The van der Waals surface area contributed by atoms with Gasteiger partial charge in [0.1, 0.15) is 5.82 Å². The molecule has 0 spiro atoms. The Hall–Kier alpha value is -2.88. The van der Waals surface area contributed by atoms with Crippen LogP contribution in [0.25, 0.3) is 0 Å². The van der Waals surface area contributed by atoms with E-state index in [4.69, 9.17) is 14.7 Å². The van der Waals surface area contributed by atoms with E-state index >= 15 is 0 Å². The van der Waals surface area contributed by atoms with Gasteiger partial charge < -0.3 is 19.4 Å². The number of carbonyl (C=O) groups is 1. The van der Waals surface area contributed by atoms with Gasteiger partial charge in [0.05, 0.1) is 31.0 Å². The number of amides is 1. The van der Waals surface area contributed by atoms with Crippen LogP contribution in [0.3, 0.4) is 0 Å². The quantitative estimate of drug-likeness (QED) is 0.677. The SMILES string of the molecule is O=C(c1ccc(C(F)(F)F)cc1)N1CCc2nc(N3CCOCC3)nc(N3CCCCC3)c2C1. The largest absolute Gasteiger partial charge is 0.416 e. The maximum atomic E-state index is 13.1. The van der Waals surface area contributed by atoms with E-state index < -0.39 is 11.7 Å². The lowest BCUT2D eigenvalue weighted by Gasteiger charge is -2.36. The molecule has 3 aliphatic heterocycles. The number of hydrogen-bond donors (Lipinski definition) is 0. The summed E-state index contributed by atoms with van der Waals surface area (Å²) in [5, 5.41) is 0. The minimum atomic E-state index is -4.43. The Morgan fingerprint density at radius 3 is 2.26 bits per heavy atom. The predicted octanol–water partition coefficient (Wildman–Crippen LogP) is 3.52. The molecular formula is C24H28F3N5O2. The highest BCUT2D eigenvalue weighted by atomic mass is 19.4. The molecule has 10 heteroatoms. The zero-order valence-corrected chi connectivity index (χ0v) is 19.0. The first-order valence-electron chi connectivity index (χ1n) is 11.8. The van der Waals surface area contributed by atoms with E-state index in [1.54, 1.807) is 4.90 Å². The van der Waals surface area contributed by atoms with Gasteiger partial charge in [-0.3, -0.25) is 4.79 Å². The van der Waals surface area contributed by atoms with Crippen LogP contribution >= 0.6 is 0 Å². The fourth-order valence-electron chi connectivity index (χ4n) is 4.81. The lowest BCUT2D eigenvalue weighted by atomic mass is 10.0. The van der Waals surface area contributed by atoms with Crippen LogP contribution in [0.1, 0.15) is 46.4 Å². The molecule has 5 rings (SSSR count). The van der Waals surface area contributed by atoms with Crippen molar-refractivity contribution in [2.24, 2.45) is 0 Å². The van der Waals surface area contributed by atoms with E-state index in [0.717, 1.165) is 68.2 Å². The van der Waals surface area contributed by atoms with Crippen molar-refractivity contribution < 1.29 is 22.7 Å². The summed E-state index contributed by atoms with van der Waals surface area (Å²) in [6.45, 7) is 5.44. The van der Waals surface area contributed by atoms with Gasteiger partial charge >= 0.3 is 6.18 Å². The van der Waals surface area contributed by atoms with E-state index in [9.17, 15) is 18.0 Å². The molecule has 2 fully saturated rings. The molecule has 0 radical (unpaired) electrons. The number of alkyl halides is 3. The fraction of sp³-hybridized carbons (Fsp3) is 0.542. The molecule has 0 aliphatic carbocycles. The Morgan fingerprint density at radius 2 is 1.59 bits per heavy atom. The van der Waals surface area contributed by atoms with Gasteiger partial charge in [0.15, 0.2) is 0 Å². The van der Waals surface area contributed by atoms with Gasteiger partial charge in [0.2, 0.25) is 5.95 Å². The number of nitrogens with zero attached hydrogens (tertiary/aromatic N) is 5. The summed E-state index contributed by atoms with van der Waals surface area (Å²) in [5.41, 5.74) is 1.39. The van der Waals surface area contributed by atoms with Crippen molar-refractivity contribution in [3.63, 3.8) is 0 Å². The third kappa shape index (κ3) is 4.68. The normalized spacial score (nSPS) is 19.2. The third-order valence-corrected chi connectivity index (χ3v) is 6.72. The van der Waals surface area contributed by atoms with Gasteiger partial charge in [0, 0.05) is 50.3 Å². The first kappa shape index (κ1) is 22.9. The van der Waals surface area contributed by atoms with Gasteiger partial charge in [-0.05, 0) is 43.5 Å². The van der Waals surface area contributed by atoms with Crippen molar-refractivity contribution in [1.82, 2.24) is 14.9 Å². The van der Waals surface area contributed by atoms with Crippen LogP contribution in [0, 0.1) is 0 Å². The number of halogens is 3. The number of ether oxygens (including phenoxy) is 1. The van der Waals surface area contributed by atoms with Gasteiger partial charge in [-0.15, -0.1) is 0 Å². The van der Waals surface area contributed by atoms with Crippen molar-refractivity contribution in [3.8, 4) is 0 Å². The molecule has 0 atom stereocenters. The Balaban J connectivity index is 1.42. The second-order valence-electron chi connectivity index (χ2n) is 8.97. The lowest BCUT2D eigenvalue weighted by Crippen LogP contribution is -2.41. The predicted molar refractivity (Wildman–Crippen MR) is 121 cm³/mol. The molecule has 1 aromatic carbocycles. The molecule has 0 bridgehead atoms. The molecule has 0 saturated carbocycles. The number of fused-ring (bicyclic) bond motifs is 1. The van der Waals surface area contributed by atoms with Crippen LogP contribution < -0.4 is 9.80 Å². The van der Waals surface area contributed by atoms with E-state index in [1.807, 2.05) is 0 Å². The molecular weight excluding hydrogens is 447 g/mol. The highest BCUT2D eigenvalue weighted by Crippen LogP contribution is 2.32. The summed E-state index contributed by atoms with van der Waals surface area (Å²) in [5.74, 6) is 1.32. The number of aromatic nitrogens is 2. The minimum absolute atomic E-state index is 0.252. The number of anilines is 2. The van der Waals surface area contributed by atoms with Crippen molar-refractivity contribution in [2.75, 3.05) is 55.7 Å². The zero-order chi connectivity index (χ0) is 23.7. The van der Waals surface area contributed by atoms with Crippen LogP contribution in [0.15, 0.2) is 24.3 Å². The highest BCUT2D eigenvalue weighted by Gasteiger charge is 2.32. The Kier molecular flexibility index (Phi) is 6.33. The summed E-state index contributed by atoms with van der Waals surface area (Å²) in [4.78, 5) is 29.1. The monoisotopic (exact) mass is 475 g/mol. The number of carbonyl (C=O) groups excluding carboxylic acids is 1. The van der Waals surface area contributed by atoms with Crippen LogP contribution in [0.4, 0.5) is 24.9 Å². The smallest absolute Gasteiger partial charge is 0.378 e. The standard InChI is InChI=1S/C24H28F3N5O2/c25-24(26,27)18-6-4-17(5-7-18)22(33)32-11-8-20-19(16-32)21(30-9-2-1-3-10-30)29-23(28-20)31-12-14-34-15-13-31/h4-7H,1-3,8-16H2. The molecule has 2 saturated heterocycles. The Labute approximate surface area is 196 Å². The topological polar surface area (TPSA) is 61.8 Å². The summed E-state index contributed by atoms with van der Waals surface area (Å²) < 4.78 is 44.2. The molecule has 0 N–H and O–H groups in total. The summed E-state index contributed by atoms with van der Waals surface area (Å²) in [6.07, 6.45) is -0.453.